The summed E-state index contributed by atoms with van der Waals surface area (Å²) in [6.45, 7) is 6.24. The van der Waals surface area contributed by atoms with Crippen LogP contribution in [0, 0.1) is 12.7 Å². The molecule has 1 atom stereocenters. The summed E-state index contributed by atoms with van der Waals surface area (Å²) in [5, 5.41) is 6.26. The van der Waals surface area contributed by atoms with Crippen molar-refractivity contribution in [1.29, 1.82) is 0 Å². The quantitative estimate of drug-likeness (QED) is 0.447. The number of aryl methyl sites for hydroxylation is 1. The van der Waals surface area contributed by atoms with Crippen LogP contribution < -0.4 is 15.5 Å². The zero-order valence-corrected chi connectivity index (χ0v) is 21.1. The van der Waals surface area contributed by atoms with Gasteiger partial charge in [-0.1, -0.05) is 30.3 Å². The Hall–Kier alpha value is -4.01. The first-order chi connectivity index (χ1) is 17.9. The Morgan fingerprint density at radius 3 is 2.68 bits per heavy atom. The number of aromatic nitrogens is 2. The van der Waals surface area contributed by atoms with Gasteiger partial charge in [0.25, 0.3) is 5.91 Å². The van der Waals surface area contributed by atoms with Crippen LogP contribution in [0.5, 0.6) is 0 Å². The number of carbonyl (C=O) groups is 2. The van der Waals surface area contributed by atoms with E-state index in [-0.39, 0.29) is 23.7 Å². The Kier molecular flexibility index (Phi) is 7.03. The predicted molar refractivity (Wildman–Crippen MR) is 141 cm³/mol. The monoisotopic (exact) mass is 502 g/mol. The molecule has 1 saturated heterocycles. The van der Waals surface area contributed by atoms with Gasteiger partial charge in [-0.2, -0.15) is 4.98 Å². The summed E-state index contributed by atoms with van der Waals surface area (Å²) in [5.41, 5.74) is 3.28. The molecule has 9 heteroatoms. The predicted octanol–water partition coefficient (Wildman–Crippen LogP) is 4.28. The van der Waals surface area contributed by atoms with Gasteiger partial charge in [0.1, 0.15) is 17.2 Å². The standard InChI is InChI=1S/C28H31FN6O2/c1-18-16-21(29)11-12-22(18)25-24-26(33-28(32-25)30-13-7-15-34-14-6-10-23(34)36)35(17-31-27(24)37)19(2)20-8-4-3-5-9-20/h3-5,8-9,11-12,16,19H,6-7,10,13-15,17H2,1-2H3,(H,31,37)(H,30,32,33)/t19-/m0/s1. The van der Waals surface area contributed by atoms with Crippen molar-refractivity contribution in [1.82, 2.24) is 20.2 Å². The first-order valence-electron chi connectivity index (χ1n) is 12.7. The average Bonchev–Trinajstić information content (AvgIpc) is 3.31. The summed E-state index contributed by atoms with van der Waals surface area (Å²) in [7, 11) is 0. The van der Waals surface area contributed by atoms with Crippen LogP contribution >= 0.6 is 0 Å². The molecule has 3 aromatic rings. The molecule has 2 aromatic carbocycles. The number of likely N-dealkylation sites (tertiary alicyclic amines) is 1. The van der Waals surface area contributed by atoms with Gasteiger partial charge >= 0.3 is 0 Å². The van der Waals surface area contributed by atoms with E-state index in [9.17, 15) is 14.0 Å². The minimum absolute atomic E-state index is 0.0633. The maximum atomic E-state index is 13.9. The van der Waals surface area contributed by atoms with Crippen molar-refractivity contribution < 1.29 is 14.0 Å². The molecule has 2 aliphatic heterocycles. The van der Waals surface area contributed by atoms with Gasteiger partial charge in [0, 0.05) is 31.6 Å². The van der Waals surface area contributed by atoms with Gasteiger partial charge < -0.3 is 20.4 Å². The molecule has 3 heterocycles. The van der Waals surface area contributed by atoms with Crippen LogP contribution in [0.2, 0.25) is 0 Å². The van der Waals surface area contributed by atoms with Crippen LogP contribution in [0.15, 0.2) is 48.5 Å². The second kappa shape index (κ2) is 10.5. The van der Waals surface area contributed by atoms with Crippen molar-refractivity contribution in [3.63, 3.8) is 0 Å². The highest BCUT2D eigenvalue weighted by Gasteiger charge is 2.33. The second-order valence-corrected chi connectivity index (χ2v) is 9.54. The lowest BCUT2D eigenvalue weighted by molar-refractivity contribution is -0.127. The fraction of sp³-hybridized carbons (Fsp3) is 0.357. The summed E-state index contributed by atoms with van der Waals surface area (Å²) in [5.74, 6) is 0.527. The van der Waals surface area contributed by atoms with Gasteiger partial charge in [0.05, 0.1) is 18.4 Å². The maximum Gasteiger partial charge on any atom is 0.258 e. The molecule has 192 valence electrons. The van der Waals surface area contributed by atoms with Crippen LogP contribution in [0.1, 0.15) is 53.7 Å². The van der Waals surface area contributed by atoms with Crippen LogP contribution in [-0.4, -0.2) is 53.0 Å². The van der Waals surface area contributed by atoms with Crippen molar-refractivity contribution in [2.45, 2.75) is 39.2 Å². The summed E-state index contributed by atoms with van der Waals surface area (Å²) in [6, 6.07) is 14.4. The highest BCUT2D eigenvalue weighted by Crippen LogP contribution is 2.37. The first-order valence-corrected chi connectivity index (χ1v) is 12.7. The molecule has 8 nitrogen and oxygen atoms in total. The minimum atomic E-state index is -0.345. The third-order valence-electron chi connectivity index (χ3n) is 7.05. The third-order valence-corrected chi connectivity index (χ3v) is 7.05. The number of halogens is 1. The van der Waals surface area contributed by atoms with Gasteiger partial charge in [-0.3, -0.25) is 9.59 Å². The minimum Gasteiger partial charge on any atom is -0.354 e. The van der Waals surface area contributed by atoms with E-state index in [2.05, 4.69) is 17.6 Å². The average molecular weight is 503 g/mol. The Balaban J connectivity index is 1.51. The Morgan fingerprint density at radius 1 is 1.14 bits per heavy atom. The number of hydrogen-bond acceptors (Lipinski definition) is 6. The van der Waals surface area contributed by atoms with Crippen LogP contribution in [0.3, 0.4) is 0 Å². The summed E-state index contributed by atoms with van der Waals surface area (Å²) in [4.78, 5) is 38.5. The first kappa shape index (κ1) is 24.7. The lowest BCUT2D eigenvalue weighted by Crippen LogP contribution is -2.45. The number of anilines is 2. The number of fused-ring (bicyclic) bond motifs is 1. The van der Waals surface area contributed by atoms with Gasteiger partial charge in [-0.15, -0.1) is 0 Å². The van der Waals surface area contributed by atoms with E-state index in [0.717, 1.165) is 24.9 Å². The highest BCUT2D eigenvalue weighted by molar-refractivity contribution is 6.06. The lowest BCUT2D eigenvalue weighted by Gasteiger charge is -2.36. The Morgan fingerprint density at radius 2 is 1.95 bits per heavy atom. The fourth-order valence-corrected chi connectivity index (χ4v) is 5.00. The SMILES string of the molecule is Cc1cc(F)ccc1-c1nc(NCCCN2CCCC2=O)nc2c1C(=O)NCN2[C@@H](C)c1ccccc1. The van der Waals surface area contributed by atoms with Crippen molar-refractivity contribution in [3.8, 4) is 11.3 Å². The number of nitrogens with one attached hydrogen (secondary N) is 2. The molecule has 0 aliphatic carbocycles. The summed E-state index contributed by atoms with van der Waals surface area (Å²) < 4.78 is 13.9. The molecule has 37 heavy (non-hydrogen) atoms. The zero-order chi connectivity index (χ0) is 25.9. The van der Waals surface area contributed by atoms with E-state index < -0.39 is 0 Å². The number of amides is 2. The maximum absolute atomic E-state index is 13.9. The van der Waals surface area contributed by atoms with E-state index >= 15 is 0 Å². The molecule has 0 bridgehead atoms. The second-order valence-electron chi connectivity index (χ2n) is 9.54. The van der Waals surface area contributed by atoms with Crippen molar-refractivity contribution in [3.05, 3.63) is 71.0 Å². The third kappa shape index (κ3) is 5.12. The Bertz CT molecular complexity index is 1320. The van der Waals surface area contributed by atoms with E-state index in [0.29, 0.717) is 60.3 Å². The Labute approximate surface area is 215 Å². The van der Waals surface area contributed by atoms with Crippen molar-refractivity contribution >= 4 is 23.6 Å². The molecule has 1 aromatic heterocycles. The van der Waals surface area contributed by atoms with E-state index in [1.807, 2.05) is 40.1 Å². The zero-order valence-electron chi connectivity index (χ0n) is 21.1. The topological polar surface area (TPSA) is 90.5 Å². The summed E-state index contributed by atoms with van der Waals surface area (Å²) >= 11 is 0. The van der Waals surface area contributed by atoms with Gasteiger partial charge in [-0.25, -0.2) is 9.37 Å². The van der Waals surface area contributed by atoms with Crippen LogP contribution in [0.4, 0.5) is 16.2 Å². The normalized spacial score (nSPS) is 16.0. The largest absolute Gasteiger partial charge is 0.354 e. The fourth-order valence-electron chi connectivity index (χ4n) is 5.00. The number of hydrogen-bond donors (Lipinski definition) is 2. The van der Waals surface area contributed by atoms with Gasteiger partial charge in [0.2, 0.25) is 11.9 Å². The molecule has 2 amide bonds. The van der Waals surface area contributed by atoms with Crippen molar-refractivity contribution in [2.75, 3.05) is 36.5 Å². The number of rotatable bonds is 8. The van der Waals surface area contributed by atoms with Crippen LogP contribution in [0.25, 0.3) is 11.3 Å². The molecule has 1 fully saturated rings. The van der Waals surface area contributed by atoms with Gasteiger partial charge in [-0.05, 0) is 56.0 Å². The van der Waals surface area contributed by atoms with Gasteiger partial charge in [0.15, 0.2) is 0 Å². The molecule has 0 spiro atoms. The molecule has 2 aliphatic rings. The molecule has 5 rings (SSSR count). The molecular formula is C28H31FN6O2. The number of benzene rings is 2. The molecule has 0 radical (unpaired) electrons. The van der Waals surface area contributed by atoms with E-state index in [4.69, 9.17) is 9.97 Å². The molecule has 2 N–H and O–H groups in total. The van der Waals surface area contributed by atoms with Crippen LogP contribution in [-0.2, 0) is 4.79 Å². The number of nitrogens with zero attached hydrogens (tertiary/aromatic N) is 4. The number of carbonyl (C=O) groups excluding carboxylic acids is 2. The lowest BCUT2D eigenvalue weighted by atomic mass is 9.98. The highest BCUT2D eigenvalue weighted by atomic mass is 19.1. The van der Waals surface area contributed by atoms with Crippen molar-refractivity contribution in [2.24, 2.45) is 0 Å². The van der Waals surface area contributed by atoms with E-state index in [1.165, 1.54) is 12.1 Å². The summed E-state index contributed by atoms with van der Waals surface area (Å²) in [6.07, 6.45) is 2.29. The molecular weight excluding hydrogens is 471 g/mol. The molecule has 0 saturated carbocycles. The smallest absolute Gasteiger partial charge is 0.258 e. The van der Waals surface area contributed by atoms with E-state index in [1.54, 1.807) is 13.0 Å². The molecule has 0 unspecified atom stereocenters.